The molecule has 4 unspecified atom stereocenters. The third-order valence-corrected chi connectivity index (χ3v) is 7.41. The summed E-state index contributed by atoms with van der Waals surface area (Å²) in [7, 11) is 1.62. The van der Waals surface area contributed by atoms with Crippen LogP contribution in [0.1, 0.15) is 38.3 Å². The number of methoxy groups -OCH3 is 1. The van der Waals surface area contributed by atoms with Gasteiger partial charge in [-0.2, -0.15) is 0 Å². The molecule has 1 aliphatic rings. The minimum atomic E-state index is -0.690. The molecule has 0 amide bonds. The summed E-state index contributed by atoms with van der Waals surface area (Å²) in [6, 6.07) is 9.07. The van der Waals surface area contributed by atoms with Crippen LogP contribution in [0.2, 0.25) is 5.02 Å². The number of aliphatic hydroxyl groups is 1. The molecular formula is C30H34ClN3O4. The topological polar surface area (TPSA) is 87.7 Å². The number of carbonyl (C=O) groups excluding carboxylic acids is 1. The van der Waals surface area contributed by atoms with E-state index in [2.05, 4.69) is 36.5 Å². The summed E-state index contributed by atoms with van der Waals surface area (Å²) in [4.78, 5) is 22.3. The Morgan fingerprint density at radius 2 is 2.03 bits per heavy atom. The fourth-order valence-corrected chi connectivity index (χ4v) is 4.90. The van der Waals surface area contributed by atoms with E-state index in [0.717, 1.165) is 33.5 Å². The SMILES string of the molecule is C=C(C=CC(C)C(C)N1C=C(OCc2ccc(OC)cc2)C(=O)CC1C(C)O)c1c(Cl)cnc2[nH]ccc12. The number of rotatable bonds is 10. The van der Waals surface area contributed by atoms with Crippen LogP contribution in [0.5, 0.6) is 5.75 Å². The number of Topliss-reactive ketones (excluding diaryl/α,β-unsaturated/α-hetero) is 1. The van der Waals surface area contributed by atoms with Gasteiger partial charge in [-0.3, -0.25) is 4.79 Å². The Labute approximate surface area is 228 Å². The van der Waals surface area contributed by atoms with Gasteiger partial charge in [0.1, 0.15) is 18.0 Å². The molecule has 3 heterocycles. The van der Waals surface area contributed by atoms with Crippen molar-refractivity contribution >= 4 is 34.0 Å². The van der Waals surface area contributed by atoms with Gasteiger partial charge in [-0.25, -0.2) is 4.98 Å². The molecule has 4 atom stereocenters. The van der Waals surface area contributed by atoms with Crippen LogP contribution in [0.25, 0.3) is 16.6 Å². The van der Waals surface area contributed by atoms with Crippen LogP contribution in [-0.4, -0.2) is 51.1 Å². The van der Waals surface area contributed by atoms with E-state index in [9.17, 15) is 9.90 Å². The van der Waals surface area contributed by atoms with Gasteiger partial charge in [-0.05, 0) is 49.1 Å². The third kappa shape index (κ3) is 5.95. The summed E-state index contributed by atoms with van der Waals surface area (Å²) in [5.41, 5.74) is 3.30. The fourth-order valence-electron chi connectivity index (χ4n) is 4.63. The first-order valence-electron chi connectivity index (χ1n) is 12.6. The molecule has 0 fully saturated rings. The second-order valence-corrected chi connectivity index (χ2v) is 10.1. The number of ketones is 1. The number of aliphatic hydroxyl groups excluding tert-OH is 1. The Hall–Kier alpha value is -3.55. The van der Waals surface area contributed by atoms with Gasteiger partial charge in [0.05, 0.1) is 24.3 Å². The van der Waals surface area contributed by atoms with Crippen molar-refractivity contribution in [1.29, 1.82) is 0 Å². The Morgan fingerprint density at radius 3 is 2.71 bits per heavy atom. The molecule has 2 aromatic heterocycles. The number of aromatic amines is 1. The van der Waals surface area contributed by atoms with Gasteiger partial charge in [-0.15, -0.1) is 0 Å². The zero-order valence-corrected chi connectivity index (χ0v) is 22.9. The minimum Gasteiger partial charge on any atom is -0.497 e. The Kier molecular flexibility index (Phi) is 8.59. The number of halogens is 1. The lowest BCUT2D eigenvalue weighted by Gasteiger charge is -2.41. The maximum absolute atomic E-state index is 12.9. The highest BCUT2D eigenvalue weighted by molar-refractivity contribution is 6.33. The van der Waals surface area contributed by atoms with Crippen LogP contribution in [0.4, 0.5) is 0 Å². The van der Waals surface area contributed by atoms with E-state index in [0.29, 0.717) is 10.8 Å². The Bertz CT molecular complexity index is 1360. The molecule has 8 heteroatoms. The molecule has 0 saturated heterocycles. The number of fused-ring (bicyclic) bond motifs is 1. The van der Waals surface area contributed by atoms with Gasteiger partial charge in [0, 0.05) is 42.0 Å². The fraction of sp³-hybridized carbons (Fsp3) is 0.333. The van der Waals surface area contributed by atoms with E-state index in [4.69, 9.17) is 21.1 Å². The second kappa shape index (κ2) is 11.9. The molecule has 3 aromatic rings. The lowest BCUT2D eigenvalue weighted by Crippen LogP contribution is -2.50. The van der Waals surface area contributed by atoms with Crippen molar-refractivity contribution in [3.05, 3.63) is 89.6 Å². The van der Waals surface area contributed by atoms with Gasteiger partial charge in [-0.1, -0.05) is 49.4 Å². The summed E-state index contributed by atoms with van der Waals surface area (Å²) in [6.07, 6.45) is 8.72. The summed E-state index contributed by atoms with van der Waals surface area (Å²) in [6.45, 7) is 10.4. The smallest absolute Gasteiger partial charge is 0.201 e. The zero-order chi connectivity index (χ0) is 27.4. The highest BCUT2D eigenvalue weighted by Gasteiger charge is 2.35. The van der Waals surface area contributed by atoms with Gasteiger partial charge in [0.25, 0.3) is 0 Å². The minimum absolute atomic E-state index is 0.0356. The van der Waals surface area contributed by atoms with E-state index in [-0.39, 0.29) is 36.8 Å². The van der Waals surface area contributed by atoms with Gasteiger partial charge in [0.15, 0.2) is 5.76 Å². The van der Waals surface area contributed by atoms with Crippen molar-refractivity contribution in [1.82, 2.24) is 14.9 Å². The van der Waals surface area contributed by atoms with Crippen molar-refractivity contribution < 1.29 is 19.4 Å². The number of ether oxygens (including phenoxy) is 2. The summed E-state index contributed by atoms with van der Waals surface area (Å²) >= 11 is 6.46. The van der Waals surface area contributed by atoms with Crippen LogP contribution in [0, 0.1) is 5.92 Å². The maximum Gasteiger partial charge on any atom is 0.201 e. The van der Waals surface area contributed by atoms with E-state index in [1.54, 1.807) is 26.4 Å². The number of nitrogens with one attached hydrogen (secondary N) is 1. The van der Waals surface area contributed by atoms with E-state index < -0.39 is 6.10 Å². The van der Waals surface area contributed by atoms with E-state index in [1.807, 2.05) is 47.5 Å². The lowest BCUT2D eigenvalue weighted by atomic mass is 9.92. The van der Waals surface area contributed by atoms with Crippen molar-refractivity contribution in [2.45, 2.75) is 52.0 Å². The molecule has 7 nitrogen and oxygen atoms in total. The molecular weight excluding hydrogens is 502 g/mol. The Balaban J connectivity index is 1.51. The maximum atomic E-state index is 12.9. The summed E-state index contributed by atoms with van der Waals surface area (Å²) < 4.78 is 11.1. The average Bonchev–Trinajstić information content (AvgIpc) is 3.39. The number of benzene rings is 1. The van der Waals surface area contributed by atoms with E-state index >= 15 is 0 Å². The van der Waals surface area contributed by atoms with Crippen LogP contribution < -0.4 is 4.74 Å². The average molecular weight is 536 g/mol. The highest BCUT2D eigenvalue weighted by atomic mass is 35.5. The van der Waals surface area contributed by atoms with Crippen LogP contribution in [0.3, 0.4) is 0 Å². The predicted octanol–water partition coefficient (Wildman–Crippen LogP) is 5.90. The van der Waals surface area contributed by atoms with Crippen LogP contribution >= 0.6 is 11.6 Å². The number of nitrogens with zero attached hydrogens (tertiary/aromatic N) is 2. The number of hydrogen-bond acceptors (Lipinski definition) is 6. The number of aromatic nitrogens is 2. The van der Waals surface area contributed by atoms with Crippen molar-refractivity contribution in [3.8, 4) is 5.75 Å². The molecule has 0 radical (unpaired) electrons. The molecule has 4 rings (SSSR count). The summed E-state index contributed by atoms with van der Waals surface area (Å²) in [5.74, 6) is 0.994. The number of pyridine rings is 1. The molecule has 1 aromatic carbocycles. The number of H-pyrrole nitrogens is 1. The van der Waals surface area contributed by atoms with Crippen molar-refractivity contribution in [2.24, 2.45) is 5.92 Å². The Morgan fingerprint density at radius 1 is 1.29 bits per heavy atom. The standard InChI is InChI=1S/C30H34ClN3O4/c1-18(6-7-19(2)29-24-12-13-32-30(24)33-15-25(29)31)20(3)34-16-28(27(36)14-26(34)21(4)35)38-17-22-8-10-23(37-5)11-9-22/h6-13,15-16,18,20-21,26,35H,2,14,17H2,1,3-5H3,(H,32,33). The normalized spacial score (nSPS) is 18.4. The van der Waals surface area contributed by atoms with Crippen molar-refractivity contribution in [2.75, 3.05) is 7.11 Å². The molecule has 0 bridgehead atoms. The van der Waals surface area contributed by atoms with Crippen LogP contribution in [-0.2, 0) is 16.1 Å². The molecule has 1 aliphatic heterocycles. The molecule has 0 spiro atoms. The van der Waals surface area contributed by atoms with Gasteiger partial charge in [0.2, 0.25) is 5.78 Å². The monoisotopic (exact) mass is 535 g/mol. The third-order valence-electron chi connectivity index (χ3n) is 7.12. The molecule has 0 aliphatic carbocycles. The molecule has 2 N–H and O–H groups in total. The quantitative estimate of drug-likeness (QED) is 0.314. The largest absolute Gasteiger partial charge is 0.497 e. The molecule has 38 heavy (non-hydrogen) atoms. The first-order valence-corrected chi connectivity index (χ1v) is 13.0. The second-order valence-electron chi connectivity index (χ2n) is 9.72. The zero-order valence-electron chi connectivity index (χ0n) is 22.1. The number of hydrogen-bond donors (Lipinski definition) is 2. The van der Waals surface area contributed by atoms with Crippen LogP contribution in [0.15, 0.2) is 73.4 Å². The molecule has 0 saturated carbocycles. The number of carbonyl (C=O) groups is 1. The first-order chi connectivity index (χ1) is 18.2. The van der Waals surface area contributed by atoms with Gasteiger partial charge < -0.3 is 24.5 Å². The van der Waals surface area contributed by atoms with Gasteiger partial charge >= 0.3 is 0 Å². The first kappa shape index (κ1) is 27.5. The molecule has 200 valence electrons. The van der Waals surface area contributed by atoms with Crippen molar-refractivity contribution in [3.63, 3.8) is 0 Å². The summed E-state index contributed by atoms with van der Waals surface area (Å²) in [5, 5.41) is 11.9. The van der Waals surface area contributed by atoms with E-state index in [1.165, 1.54) is 0 Å². The predicted molar refractivity (Wildman–Crippen MR) is 151 cm³/mol. The number of allylic oxidation sites excluding steroid dienone is 3. The highest BCUT2D eigenvalue weighted by Crippen LogP contribution is 2.32. The lowest BCUT2D eigenvalue weighted by molar-refractivity contribution is -0.123.